The van der Waals surface area contributed by atoms with Gasteiger partial charge in [0.15, 0.2) is 12.1 Å². The van der Waals surface area contributed by atoms with Crippen LogP contribution >= 0.6 is 0 Å². The molecule has 0 bridgehead atoms. The number of hydrogen-bond acceptors (Lipinski definition) is 4. The van der Waals surface area contributed by atoms with E-state index in [4.69, 9.17) is 5.73 Å². The fourth-order valence-electron chi connectivity index (χ4n) is 3.21. The van der Waals surface area contributed by atoms with Crippen molar-refractivity contribution in [2.75, 3.05) is 4.90 Å². The predicted molar refractivity (Wildman–Crippen MR) is 81.3 cm³/mol. The number of benzene rings is 1. The largest absolute Gasteiger partial charge is 0.409 e. The standard InChI is InChI=1S/C15H13F4N5/c16-8-6-21-14(20)23(7-8)9-1-2-10-11(5-9)24-12(15(17,18)19)3-4-13(24)22-10/h1-2,5-7,12,14H,3-4,20H2. The number of aromatic nitrogens is 2. The van der Waals surface area contributed by atoms with Crippen LogP contribution < -0.4 is 10.6 Å². The number of imidazole rings is 1. The highest BCUT2D eigenvalue weighted by Gasteiger charge is 2.45. The molecule has 2 N–H and O–H groups in total. The van der Waals surface area contributed by atoms with E-state index in [1.807, 2.05) is 0 Å². The van der Waals surface area contributed by atoms with Gasteiger partial charge in [0.2, 0.25) is 0 Å². The number of alkyl halides is 3. The number of halogens is 4. The Bertz CT molecular complexity index is 867. The molecule has 0 saturated heterocycles. The Morgan fingerprint density at radius 3 is 2.79 bits per heavy atom. The minimum atomic E-state index is -4.34. The van der Waals surface area contributed by atoms with E-state index >= 15 is 0 Å². The van der Waals surface area contributed by atoms with Gasteiger partial charge in [-0.05, 0) is 24.6 Å². The third-order valence-electron chi connectivity index (χ3n) is 4.27. The zero-order valence-corrected chi connectivity index (χ0v) is 12.3. The van der Waals surface area contributed by atoms with Crippen LogP contribution in [0.15, 0.2) is 35.2 Å². The van der Waals surface area contributed by atoms with Crippen molar-refractivity contribution < 1.29 is 17.6 Å². The fourth-order valence-corrected chi connectivity index (χ4v) is 3.21. The molecule has 1 aromatic carbocycles. The molecular weight excluding hydrogens is 326 g/mol. The number of anilines is 1. The van der Waals surface area contributed by atoms with E-state index in [2.05, 4.69) is 9.98 Å². The fraction of sp³-hybridized carbons (Fsp3) is 0.333. The second-order valence-corrected chi connectivity index (χ2v) is 5.78. The van der Waals surface area contributed by atoms with Crippen molar-refractivity contribution in [3.05, 3.63) is 36.1 Å². The van der Waals surface area contributed by atoms with Crippen LogP contribution in [0.2, 0.25) is 0 Å². The number of hydrogen-bond donors (Lipinski definition) is 1. The molecule has 0 saturated carbocycles. The molecule has 3 heterocycles. The maximum absolute atomic E-state index is 13.4. The van der Waals surface area contributed by atoms with Crippen molar-refractivity contribution >= 4 is 22.9 Å². The first kappa shape index (κ1) is 15.1. The lowest BCUT2D eigenvalue weighted by molar-refractivity contribution is -0.164. The van der Waals surface area contributed by atoms with Gasteiger partial charge in [-0.25, -0.2) is 9.37 Å². The summed E-state index contributed by atoms with van der Waals surface area (Å²) < 4.78 is 54.4. The molecule has 2 aliphatic rings. The van der Waals surface area contributed by atoms with Crippen molar-refractivity contribution in [1.29, 1.82) is 0 Å². The molecule has 1 aromatic heterocycles. The second kappa shape index (κ2) is 5.04. The summed E-state index contributed by atoms with van der Waals surface area (Å²) in [5.41, 5.74) is 7.10. The zero-order valence-electron chi connectivity index (χ0n) is 12.3. The summed E-state index contributed by atoms with van der Waals surface area (Å²) in [6, 6.07) is 3.20. The van der Waals surface area contributed by atoms with E-state index in [0.29, 0.717) is 22.5 Å². The van der Waals surface area contributed by atoms with Gasteiger partial charge in [0.25, 0.3) is 0 Å². The highest BCUT2D eigenvalue weighted by atomic mass is 19.4. The number of nitrogens with zero attached hydrogens (tertiary/aromatic N) is 4. The predicted octanol–water partition coefficient (Wildman–Crippen LogP) is 3.03. The molecule has 9 heteroatoms. The quantitative estimate of drug-likeness (QED) is 0.813. The van der Waals surface area contributed by atoms with Crippen LogP contribution in [0.1, 0.15) is 18.3 Å². The van der Waals surface area contributed by atoms with E-state index in [0.717, 1.165) is 6.21 Å². The molecule has 5 nitrogen and oxygen atoms in total. The summed E-state index contributed by atoms with van der Waals surface area (Å²) in [7, 11) is 0. The number of fused-ring (bicyclic) bond motifs is 3. The smallest absolute Gasteiger partial charge is 0.316 e. The SMILES string of the molecule is NC1N=CC(F)=CN1c1ccc2nc3n(c2c1)C(C(F)(F)F)CC3. The third-order valence-corrected chi connectivity index (χ3v) is 4.27. The van der Waals surface area contributed by atoms with E-state index < -0.39 is 24.3 Å². The van der Waals surface area contributed by atoms with Gasteiger partial charge in [0, 0.05) is 18.3 Å². The number of aryl methyl sites for hydroxylation is 1. The Kier molecular flexibility index (Phi) is 3.17. The lowest BCUT2D eigenvalue weighted by Crippen LogP contribution is -2.39. The van der Waals surface area contributed by atoms with E-state index in [9.17, 15) is 17.6 Å². The molecule has 2 aliphatic heterocycles. The molecule has 0 radical (unpaired) electrons. The molecule has 2 unspecified atom stereocenters. The maximum Gasteiger partial charge on any atom is 0.409 e. The van der Waals surface area contributed by atoms with Crippen molar-refractivity contribution in [2.45, 2.75) is 31.3 Å². The van der Waals surface area contributed by atoms with Crippen molar-refractivity contribution in [3.63, 3.8) is 0 Å². The first-order valence-electron chi connectivity index (χ1n) is 7.36. The Balaban J connectivity index is 1.83. The van der Waals surface area contributed by atoms with Crippen molar-refractivity contribution in [3.8, 4) is 0 Å². The Labute approximate surface area is 134 Å². The van der Waals surface area contributed by atoms with Crippen LogP contribution in [0.5, 0.6) is 0 Å². The zero-order chi connectivity index (χ0) is 17.1. The van der Waals surface area contributed by atoms with Gasteiger partial charge >= 0.3 is 6.18 Å². The van der Waals surface area contributed by atoms with Crippen LogP contribution in [0.3, 0.4) is 0 Å². The van der Waals surface area contributed by atoms with Gasteiger partial charge in [0.1, 0.15) is 11.9 Å². The van der Waals surface area contributed by atoms with Crippen molar-refractivity contribution in [2.24, 2.45) is 10.7 Å². The molecule has 2 atom stereocenters. The highest BCUT2D eigenvalue weighted by Crippen LogP contribution is 2.42. The number of rotatable bonds is 1. The number of nitrogens with two attached hydrogens (primary N) is 1. The summed E-state index contributed by atoms with van der Waals surface area (Å²) in [6.07, 6.45) is -2.74. The summed E-state index contributed by atoms with van der Waals surface area (Å²) in [5.74, 6) is -0.171. The Hall–Kier alpha value is -2.42. The lowest BCUT2D eigenvalue weighted by Gasteiger charge is -2.27. The van der Waals surface area contributed by atoms with Crippen LogP contribution in [0.4, 0.5) is 23.2 Å². The van der Waals surface area contributed by atoms with Gasteiger partial charge in [-0.1, -0.05) is 0 Å². The van der Waals surface area contributed by atoms with Gasteiger partial charge < -0.3 is 9.47 Å². The first-order valence-corrected chi connectivity index (χ1v) is 7.36. The average molecular weight is 339 g/mol. The van der Waals surface area contributed by atoms with Crippen molar-refractivity contribution in [1.82, 2.24) is 9.55 Å². The molecule has 0 aliphatic carbocycles. The Morgan fingerprint density at radius 1 is 1.25 bits per heavy atom. The normalized spacial score (nSPS) is 23.7. The lowest BCUT2D eigenvalue weighted by atomic mass is 10.2. The molecule has 0 amide bonds. The average Bonchev–Trinajstić information content (AvgIpc) is 3.07. The molecule has 2 aromatic rings. The molecule has 126 valence electrons. The topological polar surface area (TPSA) is 59.4 Å². The molecule has 4 rings (SSSR count). The Morgan fingerprint density at radius 2 is 2.04 bits per heavy atom. The molecule has 24 heavy (non-hydrogen) atoms. The van der Waals surface area contributed by atoms with E-state index in [1.54, 1.807) is 18.2 Å². The van der Waals surface area contributed by atoms with Gasteiger partial charge in [-0.2, -0.15) is 13.2 Å². The monoisotopic (exact) mass is 339 g/mol. The molecule has 0 fully saturated rings. The van der Waals surface area contributed by atoms with Gasteiger partial charge in [-0.3, -0.25) is 10.7 Å². The number of allylic oxidation sites excluding steroid dienone is 1. The molecular formula is C15H13F4N5. The van der Waals surface area contributed by atoms with Crippen LogP contribution in [-0.4, -0.2) is 28.2 Å². The number of aliphatic imine (C=N–C) groups is 1. The second-order valence-electron chi connectivity index (χ2n) is 5.78. The summed E-state index contributed by atoms with van der Waals surface area (Å²) in [5, 5.41) is 0. The van der Waals surface area contributed by atoms with Gasteiger partial charge in [0.05, 0.1) is 17.2 Å². The van der Waals surface area contributed by atoms with Gasteiger partial charge in [-0.15, -0.1) is 0 Å². The first-order chi connectivity index (χ1) is 11.3. The third kappa shape index (κ3) is 2.27. The van der Waals surface area contributed by atoms with Crippen LogP contribution in [0.25, 0.3) is 11.0 Å². The summed E-state index contributed by atoms with van der Waals surface area (Å²) in [6.45, 7) is 0. The van der Waals surface area contributed by atoms with Crippen LogP contribution in [0, 0.1) is 0 Å². The minimum absolute atomic E-state index is 0.0198. The minimum Gasteiger partial charge on any atom is -0.316 e. The maximum atomic E-state index is 13.4. The summed E-state index contributed by atoms with van der Waals surface area (Å²) >= 11 is 0. The van der Waals surface area contributed by atoms with Crippen LogP contribution in [-0.2, 0) is 6.42 Å². The molecule has 0 spiro atoms. The van der Waals surface area contributed by atoms with E-state index in [1.165, 1.54) is 15.7 Å². The summed E-state index contributed by atoms with van der Waals surface area (Å²) in [4.78, 5) is 9.43. The van der Waals surface area contributed by atoms with E-state index in [-0.39, 0.29) is 12.8 Å². The highest BCUT2D eigenvalue weighted by molar-refractivity contribution is 5.83.